The normalized spacial score (nSPS) is 11.4. The molecule has 0 aliphatic rings. The third-order valence-corrected chi connectivity index (χ3v) is 3.51. The zero-order chi connectivity index (χ0) is 14.1. The second kappa shape index (κ2) is 5.03. The molecule has 1 aromatic rings. The topological polar surface area (TPSA) is 80.5 Å². The Balaban J connectivity index is 3.43. The summed E-state index contributed by atoms with van der Waals surface area (Å²) in [6, 6.07) is 2.27. The van der Waals surface area contributed by atoms with Gasteiger partial charge in [0.2, 0.25) is 10.0 Å². The summed E-state index contributed by atoms with van der Waals surface area (Å²) in [5.74, 6) is -1.31. The minimum Gasteiger partial charge on any atom is -0.342 e. The summed E-state index contributed by atoms with van der Waals surface area (Å²) in [6.45, 7) is 3.61. The molecule has 0 spiro atoms. The first-order valence-corrected chi connectivity index (χ1v) is 6.81. The van der Waals surface area contributed by atoms with Crippen LogP contribution in [0.25, 0.3) is 0 Å². The lowest BCUT2D eigenvalue weighted by molar-refractivity contribution is 0.0802. The molecule has 2 N–H and O–H groups in total. The molecular formula is C11H15FN2O3S. The van der Waals surface area contributed by atoms with Crippen LogP contribution < -0.4 is 5.14 Å². The highest BCUT2D eigenvalue weighted by molar-refractivity contribution is 7.89. The highest BCUT2D eigenvalue weighted by Crippen LogP contribution is 2.20. The average molecular weight is 274 g/mol. The van der Waals surface area contributed by atoms with Crippen molar-refractivity contribution in [1.82, 2.24) is 4.90 Å². The number of nitrogens with two attached hydrogens (primary N) is 1. The molecule has 0 atom stereocenters. The van der Waals surface area contributed by atoms with Crippen LogP contribution in [0.4, 0.5) is 4.39 Å². The van der Waals surface area contributed by atoms with Crippen LogP contribution >= 0.6 is 0 Å². The molecule has 0 saturated heterocycles. The van der Waals surface area contributed by atoms with E-state index in [4.69, 9.17) is 5.14 Å². The molecule has 0 radical (unpaired) electrons. The highest BCUT2D eigenvalue weighted by atomic mass is 32.2. The monoisotopic (exact) mass is 274 g/mol. The molecule has 100 valence electrons. The number of amides is 1. The Kier molecular flexibility index (Phi) is 4.08. The number of benzene rings is 1. The highest BCUT2D eigenvalue weighted by Gasteiger charge is 2.21. The van der Waals surface area contributed by atoms with Crippen LogP contribution in [0.1, 0.15) is 22.8 Å². The van der Waals surface area contributed by atoms with Gasteiger partial charge in [0, 0.05) is 19.2 Å². The molecule has 5 nitrogen and oxygen atoms in total. The van der Waals surface area contributed by atoms with Gasteiger partial charge in [-0.3, -0.25) is 4.79 Å². The molecule has 0 aliphatic carbocycles. The fourth-order valence-electron chi connectivity index (χ4n) is 1.43. The van der Waals surface area contributed by atoms with Crippen molar-refractivity contribution in [1.29, 1.82) is 0 Å². The van der Waals surface area contributed by atoms with E-state index < -0.39 is 20.7 Å². The number of hydrogen-bond donors (Lipinski definition) is 1. The SMILES string of the molecule is CCN(C)C(=O)c1cc(C)c(F)c(S(N)(=O)=O)c1. The van der Waals surface area contributed by atoms with Crippen LogP contribution in [0, 0.1) is 12.7 Å². The number of hydrogen-bond acceptors (Lipinski definition) is 3. The number of carbonyl (C=O) groups excluding carboxylic acids is 1. The van der Waals surface area contributed by atoms with E-state index in [9.17, 15) is 17.6 Å². The van der Waals surface area contributed by atoms with Gasteiger partial charge in [0.05, 0.1) is 0 Å². The van der Waals surface area contributed by atoms with E-state index in [0.29, 0.717) is 6.54 Å². The molecule has 0 aromatic heterocycles. The van der Waals surface area contributed by atoms with E-state index in [1.54, 1.807) is 14.0 Å². The van der Waals surface area contributed by atoms with Crippen molar-refractivity contribution < 1.29 is 17.6 Å². The second-order valence-electron chi connectivity index (χ2n) is 3.97. The molecule has 0 unspecified atom stereocenters. The summed E-state index contributed by atoms with van der Waals surface area (Å²) < 4.78 is 36.1. The predicted octanol–water partition coefficient (Wildman–Crippen LogP) is 0.873. The van der Waals surface area contributed by atoms with Gasteiger partial charge in [0.1, 0.15) is 10.7 Å². The van der Waals surface area contributed by atoms with Gasteiger partial charge in [-0.05, 0) is 31.5 Å². The Morgan fingerprint density at radius 1 is 1.44 bits per heavy atom. The maximum absolute atomic E-state index is 13.6. The Bertz CT molecular complexity index is 584. The Hall–Kier alpha value is -1.47. The molecule has 1 aromatic carbocycles. The van der Waals surface area contributed by atoms with Gasteiger partial charge < -0.3 is 4.90 Å². The van der Waals surface area contributed by atoms with Gasteiger partial charge in [-0.1, -0.05) is 0 Å². The first-order valence-electron chi connectivity index (χ1n) is 5.27. The first kappa shape index (κ1) is 14.6. The molecule has 1 amide bonds. The zero-order valence-electron chi connectivity index (χ0n) is 10.4. The second-order valence-corrected chi connectivity index (χ2v) is 5.50. The summed E-state index contributed by atoms with van der Waals surface area (Å²) in [4.78, 5) is 12.6. The van der Waals surface area contributed by atoms with Crippen LogP contribution in [-0.2, 0) is 10.0 Å². The number of primary sulfonamides is 1. The predicted molar refractivity (Wildman–Crippen MR) is 65.1 cm³/mol. The minimum absolute atomic E-state index is 0.0642. The number of rotatable bonds is 3. The summed E-state index contributed by atoms with van der Waals surface area (Å²) in [5, 5.41) is 4.91. The van der Waals surface area contributed by atoms with Gasteiger partial charge in [-0.15, -0.1) is 0 Å². The van der Waals surface area contributed by atoms with Crippen molar-refractivity contribution in [3.8, 4) is 0 Å². The van der Waals surface area contributed by atoms with Crippen molar-refractivity contribution in [2.45, 2.75) is 18.7 Å². The zero-order valence-corrected chi connectivity index (χ0v) is 11.2. The van der Waals surface area contributed by atoms with Crippen molar-refractivity contribution in [3.63, 3.8) is 0 Å². The van der Waals surface area contributed by atoms with E-state index >= 15 is 0 Å². The van der Waals surface area contributed by atoms with Crippen LogP contribution in [-0.4, -0.2) is 32.8 Å². The Morgan fingerprint density at radius 2 is 2.00 bits per heavy atom. The maximum atomic E-state index is 13.6. The summed E-state index contributed by atoms with van der Waals surface area (Å²) in [7, 11) is -2.62. The fourth-order valence-corrected chi connectivity index (χ4v) is 2.13. The van der Waals surface area contributed by atoms with Crippen molar-refractivity contribution in [2.75, 3.05) is 13.6 Å². The van der Waals surface area contributed by atoms with Crippen LogP contribution in [0.5, 0.6) is 0 Å². The van der Waals surface area contributed by atoms with E-state index in [2.05, 4.69) is 0 Å². The third-order valence-electron chi connectivity index (χ3n) is 2.60. The van der Waals surface area contributed by atoms with Crippen molar-refractivity contribution in [3.05, 3.63) is 29.1 Å². The van der Waals surface area contributed by atoms with E-state index in [1.165, 1.54) is 17.9 Å². The molecule has 7 heteroatoms. The van der Waals surface area contributed by atoms with Crippen molar-refractivity contribution >= 4 is 15.9 Å². The van der Waals surface area contributed by atoms with Crippen LogP contribution in [0.3, 0.4) is 0 Å². The van der Waals surface area contributed by atoms with Crippen LogP contribution in [0.2, 0.25) is 0 Å². The Labute approximate surface area is 105 Å². The van der Waals surface area contributed by atoms with E-state index in [-0.39, 0.29) is 17.0 Å². The first-order chi connectivity index (χ1) is 8.18. The summed E-state index contributed by atoms with van der Waals surface area (Å²) in [6.07, 6.45) is 0. The number of halogens is 1. The smallest absolute Gasteiger partial charge is 0.253 e. The molecule has 18 heavy (non-hydrogen) atoms. The Morgan fingerprint density at radius 3 is 2.44 bits per heavy atom. The fraction of sp³-hybridized carbons (Fsp3) is 0.364. The minimum atomic E-state index is -4.19. The lowest BCUT2D eigenvalue weighted by Crippen LogP contribution is -2.27. The summed E-state index contributed by atoms with van der Waals surface area (Å²) >= 11 is 0. The molecular weight excluding hydrogens is 259 g/mol. The van der Waals surface area contributed by atoms with E-state index in [1.807, 2.05) is 0 Å². The number of carbonyl (C=O) groups is 1. The molecule has 0 heterocycles. The molecule has 0 saturated carbocycles. The number of sulfonamides is 1. The van der Waals surface area contributed by atoms with Gasteiger partial charge in [0.15, 0.2) is 0 Å². The lowest BCUT2D eigenvalue weighted by Gasteiger charge is -2.15. The average Bonchev–Trinajstić information content (AvgIpc) is 2.28. The van der Waals surface area contributed by atoms with Crippen LogP contribution in [0.15, 0.2) is 17.0 Å². The molecule has 0 aliphatic heterocycles. The lowest BCUT2D eigenvalue weighted by atomic mass is 10.1. The van der Waals surface area contributed by atoms with E-state index in [0.717, 1.165) is 6.07 Å². The number of aryl methyl sites for hydroxylation is 1. The van der Waals surface area contributed by atoms with Gasteiger partial charge in [-0.25, -0.2) is 17.9 Å². The quantitative estimate of drug-likeness (QED) is 0.888. The molecule has 1 rings (SSSR count). The maximum Gasteiger partial charge on any atom is 0.253 e. The largest absolute Gasteiger partial charge is 0.342 e. The van der Waals surface area contributed by atoms with Gasteiger partial charge >= 0.3 is 0 Å². The summed E-state index contributed by atoms with van der Waals surface area (Å²) in [5.41, 5.74) is 0.164. The number of nitrogens with zero attached hydrogens (tertiary/aromatic N) is 1. The third kappa shape index (κ3) is 2.85. The van der Waals surface area contributed by atoms with Gasteiger partial charge in [-0.2, -0.15) is 0 Å². The standard InChI is InChI=1S/C11H15FN2O3S/c1-4-14(3)11(15)8-5-7(2)10(12)9(6-8)18(13,16)17/h5-6H,4H2,1-3H3,(H2,13,16,17). The van der Waals surface area contributed by atoms with Crippen molar-refractivity contribution in [2.24, 2.45) is 5.14 Å². The molecule has 0 bridgehead atoms. The molecule has 0 fully saturated rings. The van der Waals surface area contributed by atoms with Gasteiger partial charge in [0.25, 0.3) is 5.91 Å².